The minimum absolute atomic E-state index is 0. The van der Waals surface area contributed by atoms with Crippen molar-refractivity contribution in [1.29, 1.82) is 0 Å². The molecule has 0 aliphatic carbocycles. The molecule has 0 heterocycles. The van der Waals surface area contributed by atoms with Crippen LogP contribution in [0.1, 0.15) is 26.2 Å². The molecule has 0 aromatic heterocycles. The molecule has 0 spiro atoms. The molecule has 0 saturated heterocycles. The maximum absolute atomic E-state index is 9.98. The quantitative estimate of drug-likeness (QED) is 0.622. The normalized spacial score (nSPS) is 7.62. The van der Waals surface area contributed by atoms with Gasteiger partial charge in [-0.15, -0.1) is 12.4 Å². The van der Waals surface area contributed by atoms with E-state index in [1.54, 1.807) is 0 Å². The second kappa shape index (κ2) is 6.76. The lowest BCUT2D eigenvalue weighted by atomic mass is 10.2. The molecule has 0 bridgehead atoms. The zero-order valence-corrected chi connectivity index (χ0v) is 5.83. The standard InChI is InChI=1S/C5H11NO.ClH/c1-2-3-4-5(6)7;/h2-4H2,1H3,(H2,6,7);1H. The Hall–Kier alpha value is -0.240. The first kappa shape index (κ1) is 10.7. The molecule has 0 aromatic carbocycles. The number of nitrogens with two attached hydrogens (primary N) is 1. The Kier molecular flexibility index (Phi) is 9.03. The highest BCUT2D eigenvalue weighted by atomic mass is 35.5. The molecular weight excluding hydrogens is 126 g/mol. The molecule has 0 unspecified atom stereocenters. The Labute approximate surface area is 55.9 Å². The highest BCUT2D eigenvalue weighted by molar-refractivity contribution is 5.85. The van der Waals surface area contributed by atoms with Crippen molar-refractivity contribution in [2.75, 3.05) is 0 Å². The summed E-state index contributed by atoms with van der Waals surface area (Å²) in [5.74, 6) is -0.193. The number of hydrogen-bond acceptors (Lipinski definition) is 1. The molecule has 1 amide bonds. The fraction of sp³-hybridized carbons (Fsp3) is 0.800. The minimum atomic E-state index is -0.193. The molecule has 0 aliphatic rings. The van der Waals surface area contributed by atoms with Gasteiger partial charge in [-0.1, -0.05) is 13.3 Å². The summed E-state index contributed by atoms with van der Waals surface area (Å²) in [4.78, 5) is 9.98. The average Bonchev–Trinajstić information content (AvgIpc) is 1.61. The van der Waals surface area contributed by atoms with E-state index in [0.29, 0.717) is 6.42 Å². The van der Waals surface area contributed by atoms with Crippen molar-refractivity contribution >= 4 is 18.3 Å². The van der Waals surface area contributed by atoms with E-state index in [4.69, 9.17) is 5.73 Å². The van der Waals surface area contributed by atoms with E-state index < -0.39 is 0 Å². The van der Waals surface area contributed by atoms with Gasteiger partial charge < -0.3 is 5.73 Å². The number of rotatable bonds is 3. The lowest BCUT2D eigenvalue weighted by molar-refractivity contribution is -0.118. The molecule has 2 nitrogen and oxygen atoms in total. The number of carbonyl (C=O) groups excluding carboxylic acids is 1. The maximum atomic E-state index is 9.98. The summed E-state index contributed by atoms with van der Waals surface area (Å²) in [5.41, 5.74) is 4.84. The van der Waals surface area contributed by atoms with Crippen molar-refractivity contribution in [2.45, 2.75) is 26.2 Å². The summed E-state index contributed by atoms with van der Waals surface area (Å²) in [5, 5.41) is 0. The summed E-state index contributed by atoms with van der Waals surface area (Å²) in [7, 11) is 0. The van der Waals surface area contributed by atoms with Crippen LogP contribution in [0.2, 0.25) is 0 Å². The summed E-state index contributed by atoms with van der Waals surface area (Å²) >= 11 is 0. The molecule has 50 valence electrons. The van der Waals surface area contributed by atoms with Crippen molar-refractivity contribution in [3.05, 3.63) is 0 Å². The Morgan fingerprint density at radius 2 is 2.12 bits per heavy atom. The van der Waals surface area contributed by atoms with Crippen molar-refractivity contribution in [1.82, 2.24) is 0 Å². The van der Waals surface area contributed by atoms with Gasteiger partial charge in [-0.3, -0.25) is 4.79 Å². The van der Waals surface area contributed by atoms with Crippen LogP contribution in [0.15, 0.2) is 0 Å². The Bertz CT molecular complexity index is 65.4. The summed E-state index contributed by atoms with van der Waals surface area (Å²) in [6.07, 6.45) is 2.51. The molecule has 0 fully saturated rings. The topological polar surface area (TPSA) is 43.1 Å². The molecule has 0 radical (unpaired) electrons. The molecular formula is C5H12ClNO. The zero-order chi connectivity index (χ0) is 5.70. The smallest absolute Gasteiger partial charge is 0.217 e. The Balaban J connectivity index is 0. The lowest BCUT2D eigenvalue weighted by Gasteiger charge is -1.86. The van der Waals surface area contributed by atoms with Crippen molar-refractivity contribution < 1.29 is 4.79 Å². The zero-order valence-electron chi connectivity index (χ0n) is 5.02. The van der Waals surface area contributed by atoms with Crippen LogP contribution in [0.5, 0.6) is 0 Å². The van der Waals surface area contributed by atoms with Crippen LogP contribution < -0.4 is 5.73 Å². The number of amides is 1. The average molecular weight is 138 g/mol. The molecule has 0 saturated carbocycles. The van der Waals surface area contributed by atoms with Crippen molar-refractivity contribution in [3.8, 4) is 0 Å². The number of unbranched alkanes of at least 4 members (excludes halogenated alkanes) is 1. The van der Waals surface area contributed by atoms with Crippen LogP contribution in [0, 0.1) is 0 Å². The third-order valence-corrected chi connectivity index (χ3v) is 0.777. The van der Waals surface area contributed by atoms with E-state index in [1.807, 2.05) is 6.92 Å². The van der Waals surface area contributed by atoms with E-state index in [2.05, 4.69) is 0 Å². The summed E-state index contributed by atoms with van der Waals surface area (Å²) < 4.78 is 0. The number of halogens is 1. The van der Waals surface area contributed by atoms with Crippen LogP contribution in [0.4, 0.5) is 0 Å². The Morgan fingerprint density at radius 3 is 2.25 bits per heavy atom. The van der Waals surface area contributed by atoms with Crippen molar-refractivity contribution in [2.24, 2.45) is 5.73 Å². The second-order valence-corrected chi connectivity index (χ2v) is 1.57. The fourth-order valence-corrected chi connectivity index (χ4v) is 0.351. The molecule has 0 aliphatic heterocycles. The van der Waals surface area contributed by atoms with Crippen LogP contribution in [-0.2, 0) is 4.79 Å². The number of carbonyl (C=O) groups is 1. The molecule has 2 N–H and O–H groups in total. The van der Waals surface area contributed by atoms with Gasteiger partial charge in [0, 0.05) is 6.42 Å². The molecule has 0 rings (SSSR count). The van der Waals surface area contributed by atoms with Crippen LogP contribution >= 0.6 is 12.4 Å². The van der Waals surface area contributed by atoms with E-state index in [-0.39, 0.29) is 18.3 Å². The predicted molar refractivity (Wildman–Crippen MR) is 36.0 cm³/mol. The second-order valence-electron chi connectivity index (χ2n) is 1.57. The first-order chi connectivity index (χ1) is 3.27. The van der Waals surface area contributed by atoms with Gasteiger partial charge in [0.25, 0.3) is 0 Å². The molecule has 0 aromatic rings. The van der Waals surface area contributed by atoms with Gasteiger partial charge in [-0.25, -0.2) is 0 Å². The van der Waals surface area contributed by atoms with Gasteiger partial charge in [-0.05, 0) is 6.42 Å². The highest BCUT2D eigenvalue weighted by Gasteiger charge is 1.88. The van der Waals surface area contributed by atoms with Gasteiger partial charge >= 0.3 is 0 Å². The first-order valence-electron chi connectivity index (χ1n) is 2.55. The summed E-state index contributed by atoms with van der Waals surface area (Å²) in [6.45, 7) is 2.03. The third-order valence-electron chi connectivity index (χ3n) is 0.777. The van der Waals surface area contributed by atoms with Gasteiger partial charge in [0.05, 0.1) is 0 Å². The summed E-state index contributed by atoms with van der Waals surface area (Å²) in [6, 6.07) is 0. The third kappa shape index (κ3) is 9.23. The first-order valence-corrected chi connectivity index (χ1v) is 2.55. The maximum Gasteiger partial charge on any atom is 0.217 e. The van der Waals surface area contributed by atoms with Gasteiger partial charge in [-0.2, -0.15) is 0 Å². The molecule has 0 atom stereocenters. The van der Waals surface area contributed by atoms with E-state index in [0.717, 1.165) is 12.8 Å². The Morgan fingerprint density at radius 1 is 1.62 bits per heavy atom. The molecule has 3 heteroatoms. The van der Waals surface area contributed by atoms with Gasteiger partial charge in [0.2, 0.25) is 5.91 Å². The fourth-order valence-electron chi connectivity index (χ4n) is 0.351. The predicted octanol–water partition coefficient (Wildman–Crippen LogP) is 1.08. The lowest BCUT2D eigenvalue weighted by Crippen LogP contribution is -2.09. The number of hydrogen-bond donors (Lipinski definition) is 1. The van der Waals surface area contributed by atoms with Crippen LogP contribution in [0.3, 0.4) is 0 Å². The SMILES string of the molecule is CCCCC(N)=O.Cl. The highest BCUT2D eigenvalue weighted by Crippen LogP contribution is 1.89. The minimum Gasteiger partial charge on any atom is -0.370 e. The van der Waals surface area contributed by atoms with Crippen LogP contribution in [-0.4, -0.2) is 5.91 Å². The van der Waals surface area contributed by atoms with Gasteiger partial charge in [0.1, 0.15) is 0 Å². The number of primary amides is 1. The molecule has 8 heavy (non-hydrogen) atoms. The van der Waals surface area contributed by atoms with Gasteiger partial charge in [0.15, 0.2) is 0 Å². The largest absolute Gasteiger partial charge is 0.370 e. The van der Waals surface area contributed by atoms with Crippen LogP contribution in [0.25, 0.3) is 0 Å². The monoisotopic (exact) mass is 137 g/mol. The van der Waals surface area contributed by atoms with E-state index in [9.17, 15) is 4.79 Å². The van der Waals surface area contributed by atoms with E-state index >= 15 is 0 Å². The van der Waals surface area contributed by atoms with E-state index in [1.165, 1.54) is 0 Å². The van der Waals surface area contributed by atoms with Crippen molar-refractivity contribution in [3.63, 3.8) is 0 Å².